The average molecular weight is 824 g/mol. The molecule has 0 radical (unpaired) electrons. The first-order chi connectivity index (χ1) is 24.5. The Balaban J connectivity index is 0.00000972. The van der Waals surface area contributed by atoms with Crippen LogP contribution < -0.4 is 110 Å². The second-order valence-electron chi connectivity index (χ2n) is 13.2. The monoisotopic (exact) mass is 823 g/mol. The van der Waals surface area contributed by atoms with Gasteiger partial charge in [0.2, 0.25) is 5.91 Å². The fourth-order valence-corrected chi connectivity index (χ4v) is 6.47. The van der Waals surface area contributed by atoms with E-state index in [0.717, 1.165) is 0 Å². The fourth-order valence-electron chi connectivity index (χ4n) is 6.47. The molecule has 0 aromatic rings. The van der Waals surface area contributed by atoms with Crippen LogP contribution in [0.4, 0.5) is 0 Å². The molecule has 1 amide bonds. The van der Waals surface area contributed by atoms with Crippen LogP contribution in [0, 0.1) is 23.7 Å². The van der Waals surface area contributed by atoms with E-state index in [1.807, 2.05) is 0 Å². The third-order valence-electron chi connectivity index (χ3n) is 9.71. The van der Waals surface area contributed by atoms with Crippen molar-refractivity contribution >= 4 is 23.8 Å². The number of aliphatic carboxylic acids is 3. The van der Waals surface area contributed by atoms with Crippen LogP contribution in [0.5, 0.6) is 0 Å². The number of carbonyl (C=O) groups is 4. The van der Waals surface area contributed by atoms with Gasteiger partial charge in [-0.25, -0.2) is 0 Å². The second kappa shape index (κ2) is 25.9. The summed E-state index contributed by atoms with van der Waals surface area (Å²) < 4.78 is 43.3. The first-order valence-electron chi connectivity index (χ1n) is 16.5. The van der Waals surface area contributed by atoms with Gasteiger partial charge in [-0.2, -0.15) is 0 Å². The number of carboxylic acid groups (broad SMARTS) is 3. The topological polar surface area (TPSA) is 338 Å². The molecular formula is C31H48NNa3O20. The quantitative estimate of drug-likeness (QED) is 0.0659. The van der Waals surface area contributed by atoms with Gasteiger partial charge in [0.15, 0.2) is 0 Å². The van der Waals surface area contributed by atoms with Crippen LogP contribution in [0.2, 0.25) is 0 Å². The first kappa shape index (κ1) is 55.4. The Labute approximate surface area is 383 Å². The summed E-state index contributed by atoms with van der Waals surface area (Å²) in [6.45, 7) is 0.0786. The van der Waals surface area contributed by atoms with Crippen molar-refractivity contribution < 1.29 is 187 Å². The summed E-state index contributed by atoms with van der Waals surface area (Å²) in [4.78, 5) is 47.3. The minimum atomic E-state index is -1.90. The van der Waals surface area contributed by atoms with Crippen molar-refractivity contribution in [3.05, 3.63) is 0 Å². The van der Waals surface area contributed by atoms with Gasteiger partial charge in [-0.15, -0.1) is 0 Å². The van der Waals surface area contributed by atoms with Crippen molar-refractivity contribution in [1.29, 1.82) is 0 Å². The zero-order valence-electron chi connectivity index (χ0n) is 32.0. The van der Waals surface area contributed by atoms with Gasteiger partial charge in [-0.1, -0.05) is 6.92 Å². The van der Waals surface area contributed by atoms with Crippen molar-refractivity contribution in [2.45, 2.75) is 93.2 Å². The number of carboxylic acids is 3. The molecule has 3 rings (SSSR count). The third kappa shape index (κ3) is 14.2. The summed E-state index contributed by atoms with van der Waals surface area (Å²) in [6, 6.07) is 0. The number of ether oxygens (including phenoxy) is 8. The Kier molecular flexibility index (Phi) is 26.0. The van der Waals surface area contributed by atoms with Gasteiger partial charge >= 0.3 is 88.7 Å². The fraction of sp³-hybridized carbons (Fsp3) is 0.871. The standard InChI is InChI=1S/C31H51NO20.3Na/c1-11(28(32)38)12(2)49-27-18(8-46-4)52-26(31(43)44)15(21(27)35)7-48-10-17-23(37)20(34)14(25(51-17)30(41)42)6-47-9-16-22(36)19(33)13(5-45-3)24(50-16)29(39)40;;;/h11-27,33-37H,5-10H2,1-4H3,(H2,32,38)(H,39,40)(H,41,42)(H,43,44);;;/q;3*+1/p-3. The molecule has 24 heteroatoms. The number of carbonyl (C=O) groups excluding carboxylic acids is 4. The Morgan fingerprint density at radius 2 is 0.945 bits per heavy atom. The van der Waals surface area contributed by atoms with E-state index < -0.39 is 153 Å². The molecule has 0 saturated carbocycles. The maximum absolute atomic E-state index is 12.0. The Morgan fingerprint density at radius 3 is 1.31 bits per heavy atom. The number of amides is 1. The molecule has 3 saturated heterocycles. The molecule has 300 valence electrons. The summed E-state index contributed by atoms with van der Waals surface area (Å²) in [5.74, 6) is -10.7. The van der Waals surface area contributed by atoms with Crippen LogP contribution in [0.15, 0.2) is 0 Å². The Hall–Kier alpha value is 0.360. The van der Waals surface area contributed by atoms with Crippen LogP contribution in [-0.2, 0) is 57.1 Å². The number of hydrogen-bond acceptors (Lipinski definition) is 20. The molecule has 3 heterocycles. The first-order valence-corrected chi connectivity index (χ1v) is 16.5. The SMILES string of the molecule is COCC1OC(C(=O)[O-])C(COCC2OC(C(=O)[O-])C(COCC3OC(C(=O)[O-])C(COC)C(O)C3O)C(O)C2O)C(O)C1OC(C)C(C)C(N)=O.[Na+].[Na+].[Na+]. The molecular weight excluding hydrogens is 775 g/mol. The molecule has 21 nitrogen and oxygen atoms in total. The molecule has 3 aliphatic heterocycles. The molecule has 0 aromatic heterocycles. The van der Waals surface area contributed by atoms with Crippen molar-refractivity contribution in [2.24, 2.45) is 29.4 Å². The number of aliphatic hydroxyl groups excluding tert-OH is 5. The van der Waals surface area contributed by atoms with Gasteiger partial charge in [0.05, 0.1) is 87.9 Å². The van der Waals surface area contributed by atoms with Gasteiger partial charge in [0.25, 0.3) is 0 Å². The molecule has 17 atom stereocenters. The number of aliphatic hydroxyl groups is 5. The van der Waals surface area contributed by atoms with E-state index in [9.17, 15) is 60.0 Å². The smallest absolute Gasteiger partial charge is 0.547 e. The predicted octanol–water partition coefficient (Wildman–Crippen LogP) is -17.6. The number of hydrogen-bond donors (Lipinski definition) is 6. The summed E-state index contributed by atoms with van der Waals surface area (Å²) in [5, 5.41) is 89.5. The Morgan fingerprint density at radius 1 is 0.582 bits per heavy atom. The minimum Gasteiger partial charge on any atom is -0.547 e. The maximum atomic E-state index is 12.0. The van der Waals surface area contributed by atoms with Gasteiger partial charge in [0, 0.05) is 32.0 Å². The van der Waals surface area contributed by atoms with E-state index in [2.05, 4.69) is 0 Å². The molecule has 0 aliphatic carbocycles. The molecule has 0 bridgehead atoms. The minimum absolute atomic E-state index is 0. The molecule has 17 unspecified atom stereocenters. The number of methoxy groups -OCH3 is 2. The van der Waals surface area contributed by atoms with Gasteiger partial charge in [-0.05, 0) is 6.92 Å². The molecule has 3 fully saturated rings. The number of primary amides is 1. The van der Waals surface area contributed by atoms with Crippen LogP contribution in [0.1, 0.15) is 13.8 Å². The molecule has 0 aromatic carbocycles. The summed E-state index contributed by atoms with van der Waals surface area (Å²) in [6.07, 6.45) is -20.0. The largest absolute Gasteiger partial charge is 1.00 e. The van der Waals surface area contributed by atoms with E-state index >= 15 is 0 Å². The third-order valence-corrected chi connectivity index (χ3v) is 9.71. The van der Waals surface area contributed by atoms with Crippen molar-refractivity contribution in [3.8, 4) is 0 Å². The molecule has 55 heavy (non-hydrogen) atoms. The average Bonchev–Trinajstić information content (AvgIpc) is 3.08. The normalized spacial score (nSPS) is 37.2. The maximum Gasteiger partial charge on any atom is 1.00 e. The van der Waals surface area contributed by atoms with Gasteiger partial charge < -0.3 is 98.9 Å². The van der Waals surface area contributed by atoms with Crippen molar-refractivity contribution in [3.63, 3.8) is 0 Å². The van der Waals surface area contributed by atoms with E-state index in [-0.39, 0.29) is 102 Å². The van der Waals surface area contributed by atoms with Crippen LogP contribution >= 0.6 is 0 Å². The summed E-state index contributed by atoms with van der Waals surface area (Å²) in [7, 11) is 2.56. The van der Waals surface area contributed by atoms with E-state index in [1.165, 1.54) is 28.1 Å². The predicted molar refractivity (Wildman–Crippen MR) is 160 cm³/mol. The molecule has 7 N–H and O–H groups in total. The van der Waals surface area contributed by atoms with Crippen LogP contribution in [-0.4, -0.2) is 183 Å². The zero-order chi connectivity index (χ0) is 39.0. The molecule has 0 spiro atoms. The van der Waals surface area contributed by atoms with E-state index in [0.29, 0.717) is 0 Å². The summed E-state index contributed by atoms with van der Waals surface area (Å²) in [5.41, 5.74) is 5.36. The van der Waals surface area contributed by atoms with Crippen LogP contribution in [0.25, 0.3) is 0 Å². The number of nitrogens with two attached hydrogens (primary N) is 1. The second-order valence-corrected chi connectivity index (χ2v) is 13.2. The number of rotatable bonds is 19. The van der Waals surface area contributed by atoms with Crippen LogP contribution in [0.3, 0.4) is 0 Å². The van der Waals surface area contributed by atoms with Crippen molar-refractivity contribution in [1.82, 2.24) is 0 Å². The Bertz CT molecular complexity index is 1210. The summed E-state index contributed by atoms with van der Waals surface area (Å²) >= 11 is 0. The van der Waals surface area contributed by atoms with E-state index in [4.69, 9.17) is 43.6 Å². The van der Waals surface area contributed by atoms with E-state index in [1.54, 1.807) is 0 Å². The van der Waals surface area contributed by atoms with Gasteiger partial charge in [0.1, 0.15) is 54.9 Å². The molecule has 3 aliphatic rings. The van der Waals surface area contributed by atoms with Gasteiger partial charge in [-0.3, -0.25) is 4.79 Å². The zero-order valence-corrected chi connectivity index (χ0v) is 38.0. The van der Waals surface area contributed by atoms with Crippen molar-refractivity contribution in [2.75, 3.05) is 53.9 Å².